The summed E-state index contributed by atoms with van der Waals surface area (Å²) in [4.78, 5) is 25.2. The Bertz CT molecular complexity index is 932. The van der Waals surface area contributed by atoms with E-state index in [1.165, 1.54) is 0 Å². The van der Waals surface area contributed by atoms with Gasteiger partial charge < -0.3 is 16.0 Å². The molecule has 1 aliphatic rings. The van der Waals surface area contributed by atoms with E-state index < -0.39 is 0 Å². The molecule has 0 aliphatic heterocycles. The Hall–Kier alpha value is -2.99. The van der Waals surface area contributed by atoms with Crippen molar-refractivity contribution < 1.29 is 4.79 Å². The molecule has 30 heavy (non-hydrogen) atoms. The van der Waals surface area contributed by atoms with E-state index in [0.717, 1.165) is 48.3 Å². The Balaban J connectivity index is 1.51. The second-order valence-electron chi connectivity index (χ2n) is 8.12. The maximum atomic E-state index is 13.0. The summed E-state index contributed by atoms with van der Waals surface area (Å²) in [7, 11) is 0. The van der Waals surface area contributed by atoms with Gasteiger partial charge in [0.15, 0.2) is 0 Å². The van der Waals surface area contributed by atoms with E-state index in [2.05, 4.69) is 20.3 Å². The number of aromatic amines is 1. The van der Waals surface area contributed by atoms with E-state index in [1.54, 1.807) is 12.4 Å². The smallest absolute Gasteiger partial charge is 0.223 e. The molecule has 0 saturated heterocycles. The van der Waals surface area contributed by atoms with Gasteiger partial charge in [0.25, 0.3) is 0 Å². The number of nitrogens with two attached hydrogens (primary N) is 1. The van der Waals surface area contributed by atoms with Crippen molar-refractivity contribution in [3.05, 3.63) is 72.4 Å². The zero-order chi connectivity index (χ0) is 20.8. The normalized spacial score (nSPS) is 19.9. The number of hydrogen-bond donors (Lipinski definition) is 3. The third-order valence-electron chi connectivity index (χ3n) is 6.07. The Morgan fingerprint density at radius 1 is 1.10 bits per heavy atom. The molecule has 1 aromatic carbocycles. The summed E-state index contributed by atoms with van der Waals surface area (Å²) in [6, 6.07) is 13.8. The van der Waals surface area contributed by atoms with Crippen LogP contribution in [0.3, 0.4) is 0 Å². The first kappa shape index (κ1) is 20.3. The van der Waals surface area contributed by atoms with Gasteiger partial charge in [0.2, 0.25) is 5.91 Å². The van der Waals surface area contributed by atoms with Gasteiger partial charge in [-0.15, -0.1) is 0 Å². The highest BCUT2D eigenvalue weighted by atomic mass is 16.1. The average molecular weight is 404 g/mol. The van der Waals surface area contributed by atoms with Crippen LogP contribution in [0.2, 0.25) is 0 Å². The largest absolute Gasteiger partial charge is 0.346 e. The van der Waals surface area contributed by atoms with Gasteiger partial charge in [0.1, 0.15) is 5.82 Å². The van der Waals surface area contributed by atoms with E-state index >= 15 is 0 Å². The molecule has 1 aliphatic carbocycles. The molecule has 6 nitrogen and oxygen atoms in total. The number of rotatable bonds is 7. The fraction of sp³-hybridized carbons (Fsp3) is 0.375. The van der Waals surface area contributed by atoms with Crippen LogP contribution >= 0.6 is 0 Å². The topological polar surface area (TPSA) is 96.7 Å². The maximum Gasteiger partial charge on any atom is 0.223 e. The van der Waals surface area contributed by atoms with Gasteiger partial charge in [-0.25, -0.2) is 4.98 Å². The van der Waals surface area contributed by atoms with Crippen LogP contribution in [0.4, 0.5) is 0 Å². The van der Waals surface area contributed by atoms with Gasteiger partial charge in [-0.05, 0) is 67.8 Å². The molecule has 4 rings (SSSR count). The molecule has 1 saturated carbocycles. The second-order valence-corrected chi connectivity index (χ2v) is 8.12. The lowest BCUT2D eigenvalue weighted by Crippen LogP contribution is -2.37. The number of nitrogens with one attached hydrogen (secondary N) is 2. The van der Waals surface area contributed by atoms with Crippen molar-refractivity contribution in [1.29, 1.82) is 0 Å². The Kier molecular flexibility index (Phi) is 6.54. The van der Waals surface area contributed by atoms with Crippen LogP contribution in [0, 0.1) is 11.8 Å². The minimum absolute atomic E-state index is 0.0521. The molecular formula is C24H29N5O. The third kappa shape index (κ3) is 4.94. The first-order chi connectivity index (χ1) is 14.7. The molecule has 0 radical (unpaired) electrons. The molecule has 2 aromatic heterocycles. The monoisotopic (exact) mass is 403 g/mol. The van der Waals surface area contributed by atoms with Crippen LogP contribution in [0.5, 0.6) is 0 Å². The van der Waals surface area contributed by atoms with Crippen molar-refractivity contribution in [3.8, 4) is 11.3 Å². The van der Waals surface area contributed by atoms with Crippen LogP contribution in [-0.2, 0) is 11.2 Å². The molecule has 156 valence electrons. The van der Waals surface area contributed by atoms with E-state index in [9.17, 15) is 4.79 Å². The van der Waals surface area contributed by atoms with E-state index in [0.29, 0.717) is 18.9 Å². The summed E-state index contributed by atoms with van der Waals surface area (Å²) in [5, 5.41) is 3.26. The van der Waals surface area contributed by atoms with Crippen molar-refractivity contribution in [2.45, 2.75) is 38.1 Å². The van der Waals surface area contributed by atoms with Gasteiger partial charge >= 0.3 is 0 Å². The first-order valence-electron chi connectivity index (χ1n) is 10.7. The number of carbonyl (C=O) groups excluding carboxylic acids is 1. The molecule has 1 amide bonds. The fourth-order valence-corrected chi connectivity index (χ4v) is 4.20. The molecular weight excluding hydrogens is 374 g/mol. The minimum Gasteiger partial charge on any atom is -0.346 e. The standard InChI is InChI=1S/C24H29N5O/c25-15-18-6-8-20(9-7-18)24(30)29-21(14-17-10-12-26-13-11-17)23-27-16-22(28-23)19-4-2-1-3-5-19/h1-5,10-13,16,18,20-21H,6-9,14-15,25H2,(H,27,28)(H,29,30). The number of amides is 1. The zero-order valence-electron chi connectivity index (χ0n) is 17.1. The second kappa shape index (κ2) is 9.67. The molecule has 3 aromatic rings. The van der Waals surface area contributed by atoms with Crippen LogP contribution in [0.15, 0.2) is 61.1 Å². The quantitative estimate of drug-likeness (QED) is 0.561. The molecule has 1 fully saturated rings. The van der Waals surface area contributed by atoms with Gasteiger partial charge in [0, 0.05) is 18.3 Å². The van der Waals surface area contributed by atoms with E-state index in [1.807, 2.05) is 48.7 Å². The lowest BCUT2D eigenvalue weighted by molar-refractivity contribution is -0.127. The summed E-state index contributed by atoms with van der Waals surface area (Å²) in [6.45, 7) is 0.716. The molecule has 6 heteroatoms. The highest BCUT2D eigenvalue weighted by molar-refractivity contribution is 5.79. The summed E-state index contributed by atoms with van der Waals surface area (Å²) in [6.07, 6.45) is 9.92. The fourth-order valence-electron chi connectivity index (χ4n) is 4.20. The number of H-pyrrole nitrogens is 1. The van der Waals surface area contributed by atoms with Gasteiger partial charge in [-0.1, -0.05) is 30.3 Å². The van der Waals surface area contributed by atoms with Crippen LogP contribution in [-0.4, -0.2) is 27.4 Å². The number of imidazole rings is 1. The lowest BCUT2D eigenvalue weighted by Gasteiger charge is -2.28. The van der Waals surface area contributed by atoms with Crippen molar-refractivity contribution in [3.63, 3.8) is 0 Å². The number of nitrogens with zero attached hydrogens (tertiary/aromatic N) is 2. The summed E-state index contributed by atoms with van der Waals surface area (Å²) >= 11 is 0. The SMILES string of the molecule is NCC1CCC(C(=O)NC(Cc2ccncc2)c2ncc(-c3ccccc3)[nH]2)CC1. The van der Waals surface area contributed by atoms with Gasteiger partial charge in [-0.2, -0.15) is 0 Å². The Morgan fingerprint density at radius 2 is 1.83 bits per heavy atom. The Labute approximate surface area is 177 Å². The van der Waals surface area contributed by atoms with Crippen LogP contribution in [0.25, 0.3) is 11.3 Å². The van der Waals surface area contributed by atoms with Crippen LogP contribution in [0.1, 0.15) is 43.1 Å². The van der Waals surface area contributed by atoms with Crippen molar-refractivity contribution >= 4 is 5.91 Å². The number of benzene rings is 1. The van der Waals surface area contributed by atoms with Gasteiger partial charge in [-0.3, -0.25) is 9.78 Å². The highest BCUT2D eigenvalue weighted by Gasteiger charge is 2.28. The molecule has 1 unspecified atom stereocenters. The first-order valence-corrected chi connectivity index (χ1v) is 10.7. The van der Waals surface area contributed by atoms with E-state index in [4.69, 9.17) is 5.73 Å². The minimum atomic E-state index is -0.218. The highest BCUT2D eigenvalue weighted by Crippen LogP contribution is 2.29. The summed E-state index contributed by atoms with van der Waals surface area (Å²) in [5.74, 6) is 1.49. The van der Waals surface area contributed by atoms with Crippen molar-refractivity contribution in [2.75, 3.05) is 6.54 Å². The predicted molar refractivity (Wildman–Crippen MR) is 117 cm³/mol. The maximum absolute atomic E-state index is 13.0. The molecule has 1 atom stereocenters. The number of pyridine rings is 1. The van der Waals surface area contributed by atoms with Crippen LogP contribution < -0.4 is 11.1 Å². The lowest BCUT2D eigenvalue weighted by atomic mass is 9.81. The number of carbonyl (C=O) groups is 1. The van der Waals surface area contributed by atoms with Crippen molar-refractivity contribution in [2.24, 2.45) is 17.6 Å². The number of hydrogen-bond acceptors (Lipinski definition) is 4. The summed E-state index contributed by atoms with van der Waals surface area (Å²) < 4.78 is 0. The predicted octanol–water partition coefficient (Wildman–Crippen LogP) is 3.64. The van der Waals surface area contributed by atoms with Crippen molar-refractivity contribution in [1.82, 2.24) is 20.3 Å². The summed E-state index contributed by atoms with van der Waals surface area (Å²) in [5.41, 5.74) is 8.93. The molecule has 2 heterocycles. The third-order valence-corrected chi connectivity index (χ3v) is 6.07. The Morgan fingerprint density at radius 3 is 2.53 bits per heavy atom. The average Bonchev–Trinajstić information content (AvgIpc) is 3.30. The molecule has 4 N–H and O–H groups in total. The zero-order valence-corrected chi connectivity index (χ0v) is 17.1. The van der Waals surface area contributed by atoms with Gasteiger partial charge in [0.05, 0.1) is 17.9 Å². The van der Waals surface area contributed by atoms with E-state index in [-0.39, 0.29) is 17.9 Å². The number of aromatic nitrogens is 3. The molecule has 0 spiro atoms. The molecule has 0 bridgehead atoms.